The SMILES string of the molecule is O=C(CC1CNC1)c1cccc2c1OCCC2. The number of carbonyl (C=O) groups excluding carboxylic acids is 1. The third-order valence-electron chi connectivity index (χ3n) is 3.57. The van der Waals surface area contributed by atoms with Crippen LogP contribution in [-0.4, -0.2) is 25.5 Å². The number of nitrogens with one attached hydrogen (secondary N) is 1. The summed E-state index contributed by atoms with van der Waals surface area (Å²) in [7, 11) is 0. The Balaban J connectivity index is 1.83. The van der Waals surface area contributed by atoms with Crippen LogP contribution in [0.5, 0.6) is 5.75 Å². The van der Waals surface area contributed by atoms with Gasteiger partial charge in [0.05, 0.1) is 12.2 Å². The molecule has 2 aliphatic rings. The molecule has 90 valence electrons. The van der Waals surface area contributed by atoms with Crippen LogP contribution in [0.25, 0.3) is 0 Å². The number of benzene rings is 1. The van der Waals surface area contributed by atoms with E-state index in [1.807, 2.05) is 12.1 Å². The summed E-state index contributed by atoms with van der Waals surface area (Å²) >= 11 is 0. The molecule has 1 aromatic carbocycles. The Hall–Kier alpha value is -1.35. The van der Waals surface area contributed by atoms with Crippen molar-refractivity contribution in [2.24, 2.45) is 5.92 Å². The number of hydrogen-bond donors (Lipinski definition) is 1. The Bertz CT molecular complexity index is 438. The molecule has 0 amide bonds. The van der Waals surface area contributed by atoms with Crippen molar-refractivity contribution < 1.29 is 9.53 Å². The number of rotatable bonds is 3. The summed E-state index contributed by atoms with van der Waals surface area (Å²) in [5, 5.41) is 3.20. The fourth-order valence-electron chi connectivity index (χ4n) is 2.47. The molecule has 2 heterocycles. The number of aryl methyl sites for hydroxylation is 1. The molecule has 3 nitrogen and oxygen atoms in total. The van der Waals surface area contributed by atoms with Crippen molar-refractivity contribution in [1.82, 2.24) is 5.32 Å². The molecule has 0 atom stereocenters. The average Bonchev–Trinajstić information content (AvgIpc) is 2.33. The zero-order valence-corrected chi connectivity index (χ0v) is 9.87. The van der Waals surface area contributed by atoms with Gasteiger partial charge in [-0.25, -0.2) is 0 Å². The van der Waals surface area contributed by atoms with Gasteiger partial charge in [0.25, 0.3) is 0 Å². The van der Waals surface area contributed by atoms with Gasteiger partial charge in [-0.05, 0) is 43.5 Å². The van der Waals surface area contributed by atoms with Crippen LogP contribution in [0.3, 0.4) is 0 Å². The Morgan fingerprint density at radius 2 is 2.29 bits per heavy atom. The summed E-state index contributed by atoms with van der Waals surface area (Å²) in [6, 6.07) is 5.94. The second-order valence-electron chi connectivity index (χ2n) is 4.90. The summed E-state index contributed by atoms with van der Waals surface area (Å²) in [5.41, 5.74) is 1.97. The van der Waals surface area contributed by atoms with Crippen molar-refractivity contribution in [3.05, 3.63) is 29.3 Å². The molecule has 0 unspecified atom stereocenters. The lowest BCUT2D eigenvalue weighted by Crippen LogP contribution is -2.43. The van der Waals surface area contributed by atoms with Crippen LogP contribution < -0.4 is 10.1 Å². The monoisotopic (exact) mass is 231 g/mol. The van der Waals surface area contributed by atoms with Gasteiger partial charge in [0.1, 0.15) is 5.75 Å². The maximum Gasteiger partial charge on any atom is 0.166 e. The Morgan fingerprint density at radius 3 is 3.06 bits per heavy atom. The van der Waals surface area contributed by atoms with E-state index < -0.39 is 0 Å². The Labute approximate surface area is 101 Å². The smallest absolute Gasteiger partial charge is 0.166 e. The van der Waals surface area contributed by atoms with Crippen molar-refractivity contribution in [3.8, 4) is 5.75 Å². The van der Waals surface area contributed by atoms with E-state index in [9.17, 15) is 4.79 Å². The lowest BCUT2D eigenvalue weighted by molar-refractivity contribution is 0.0940. The number of carbonyl (C=O) groups is 1. The number of hydrogen-bond acceptors (Lipinski definition) is 3. The summed E-state index contributed by atoms with van der Waals surface area (Å²) in [6.07, 6.45) is 2.73. The lowest BCUT2D eigenvalue weighted by atomic mass is 9.92. The van der Waals surface area contributed by atoms with Crippen LogP contribution in [0.15, 0.2) is 18.2 Å². The van der Waals surface area contributed by atoms with E-state index in [-0.39, 0.29) is 5.78 Å². The van der Waals surface area contributed by atoms with Crippen molar-refractivity contribution in [2.75, 3.05) is 19.7 Å². The normalized spacial score (nSPS) is 19.1. The highest BCUT2D eigenvalue weighted by molar-refractivity contribution is 5.99. The molecule has 17 heavy (non-hydrogen) atoms. The molecule has 3 rings (SSSR count). The van der Waals surface area contributed by atoms with Gasteiger partial charge >= 0.3 is 0 Å². The van der Waals surface area contributed by atoms with E-state index in [0.29, 0.717) is 12.3 Å². The number of ketones is 1. The zero-order chi connectivity index (χ0) is 11.7. The second-order valence-corrected chi connectivity index (χ2v) is 4.90. The molecule has 0 saturated carbocycles. The van der Waals surface area contributed by atoms with Gasteiger partial charge in [0, 0.05) is 6.42 Å². The van der Waals surface area contributed by atoms with Crippen molar-refractivity contribution in [2.45, 2.75) is 19.3 Å². The van der Waals surface area contributed by atoms with Gasteiger partial charge in [-0.2, -0.15) is 0 Å². The van der Waals surface area contributed by atoms with Gasteiger partial charge in [0.15, 0.2) is 5.78 Å². The van der Waals surface area contributed by atoms with E-state index in [0.717, 1.165) is 43.9 Å². The minimum Gasteiger partial charge on any atom is -0.493 e. The first kappa shape index (κ1) is 10.8. The Kier molecular flexibility index (Phi) is 2.85. The lowest BCUT2D eigenvalue weighted by Gasteiger charge is -2.27. The van der Waals surface area contributed by atoms with Crippen molar-refractivity contribution in [3.63, 3.8) is 0 Å². The molecule has 0 aliphatic carbocycles. The predicted octanol–water partition coefficient (Wildman–Crippen LogP) is 1.80. The van der Waals surface area contributed by atoms with Crippen LogP contribution in [0.1, 0.15) is 28.8 Å². The summed E-state index contributed by atoms with van der Waals surface area (Å²) in [5.74, 6) is 1.59. The highest BCUT2D eigenvalue weighted by Gasteiger charge is 2.24. The first-order valence-corrected chi connectivity index (χ1v) is 6.33. The van der Waals surface area contributed by atoms with Gasteiger partial charge in [0.2, 0.25) is 0 Å². The van der Waals surface area contributed by atoms with E-state index in [1.54, 1.807) is 0 Å². The first-order chi connectivity index (χ1) is 8.34. The minimum atomic E-state index is 0.232. The number of fused-ring (bicyclic) bond motifs is 1. The average molecular weight is 231 g/mol. The molecular weight excluding hydrogens is 214 g/mol. The van der Waals surface area contributed by atoms with Gasteiger partial charge in [-0.3, -0.25) is 4.79 Å². The summed E-state index contributed by atoms with van der Waals surface area (Å²) in [4.78, 5) is 12.2. The zero-order valence-electron chi connectivity index (χ0n) is 9.87. The highest BCUT2D eigenvalue weighted by atomic mass is 16.5. The van der Waals surface area contributed by atoms with Crippen molar-refractivity contribution in [1.29, 1.82) is 0 Å². The van der Waals surface area contributed by atoms with E-state index in [4.69, 9.17) is 4.74 Å². The number of para-hydroxylation sites is 1. The maximum atomic E-state index is 12.2. The molecule has 1 saturated heterocycles. The predicted molar refractivity (Wildman–Crippen MR) is 65.6 cm³/mol. The fourth-order valence-corrected chi connectivity index (χ4v) is 2.47. The fraction of sp³-hybridized carbons (Fsp3) is 0.500. The molecule has 1 aromatic rings. The molecule has 1 N–H and O–H groups in total. The van der Waals surface area contributed by atoms with Crippen LogP contribution in [0.4, 0.5) is 0 Å². The van der Waals surface area contributed by atoms with E-state index in [2.05, 4.69) is 11.4 Å². The maximum absolute atomic E-state index is 12.2. The number of ether oxygens (including phenoxy) is 1. The topological polar surface area (TPSA) is 38.3 Å². The summed E-state index contributed by atoms with van der Waals surface area (Å²) in [6.45, 7) is 2.69. The molecule has 3 heteroatoms. The highest BCUT2D eigenvalue weighted by Crippen LogP contribution is 2.30. The van der Waals surface area contributed by atoms with Gasteiger partial charge in [-0.1, -0.05) is 12.1 Å². The molecule has 0 aromatic heterocycles. The summed E-state index contributed by atoms with van der Waals surface area (Å²) < 4.78 is 5.67. The minimum absolute atomic E-state index is 0.232. The molecular formula is C14H17NO2. The van der Waals surface area contributed by atoms with Crippen LogP contribution in [0, 0.1) is 5.92 Å². The second kappa shape index (κ2) is 4.49. The molecule has 0 radical (unpaired) electrons. The molecule has 1 fully saturated rings. The number of Topliss-reactive ketones (excluding diaryl/α,β-unsaturated/α-hetero) is 1. The van der Waals surface area contributed by atoms with Crippen LogP contribution in [0.2, 0.25) is 0 Å². The first-order valence-electron chi connectivity index (χ1n) is 6.33. The van der Waals surface area contributed by atoms with Gasteiger partial charge < -0.3 is 10.1 Å². The molecule has 2 aliphatic heterocycles. The van der Waals surface area contributed by atoms with Crippen molar-refractivity contribution >= 4 is 5.78 Å². The van der Waals surface area contributed by atoms with E-state index in [1.165, 1.54) is 5.56 Å². The third-order valence-corrected chi connectivity index (χ3v) is 3.57. The Morgan fingerprint density at radius 1 is 1.41 bits per heavy atom. The van der Waals surface area contributed by atoms with Crippen LogP contribution >= 0.6 is 0 Å². The third kappa shape index (κ3) is 2.07. The standard InChI is InChI=1S/C14H17NO2/c16-13(7-10-8-15-9-10)12-5-1-3-11-4-2-6-17-14(11)12/h1,3,5,10,15H,2,4,6-9H2. The molecule has 0 spiro atoms. The largest absolute Gasteiger partial charge is 0.493 e. The van der Waals surface area contributed by atoms with E-state index >= 15 is 0 Å². The molecule has 0 bridgehead atoms. The van der Waals surface area contributed by atoms with Crippen LogP contribution in [-0.2, 0) is 6.42 Å². The van der Waals surface area contributed by atoms with Gasteiger partial charge in [-0.15, -0.1) is 0 Å². The quantitative estimate of drug-likeness (QED) is 0.806.